The molecule has 0 spiro atoms. The summed E-state index contributed by atoms with van der Waals surface area (Å²) < 4.78 is 42.7. The second-order valence-electron chi connectivity index (χ2n) is 17.4. The van der Waals surface area contributed by atoms with E-state index in [2.05, 4.69) is 129 Å². The standard InChI is InChI=1S/C18H19BO2S.C12H24B2O4.C12H7BrS/c1-17(2)18(3,4)21-19(20-17)12-9-10-16-14(11-12)13-7-5-6-8-15(13)22-16;1-9(2)10(3,4)16-13(15-9)14-17-11(5,6)12(7,8)18-14;13-8-5-6-12-10(7-8)9-3-1-2-4-11(9)14-12/h5-11H,1-4H3;1-8H3;1-7H. The van der Waals surface area contributed by atoms with Gasteiger partial charge in [0.1, 0.15) is 0 Å². The van der Waals surface area contributed by atoms with Crippen LogP contribution in [0.25, 0.3) is 40.3 Å². The molecule has 282 valence electrons. The summed E-state index contributed by atoms with van der Waals surface area (Å²) in [6.45, 7) is 24.6. The van der Waals surface area contributed by atoms with Crippen LogP contribution >= 0.6 is 38.6 Å². The maximum absolute atomic E-state index is 6.17. The van der Waals surface area contributed by atoms with E-state index >= 15 is 0 Å². The lowest BCUT2D eigenvalue weighted by Crippen LogP contribution is -2.41. The number of fused-ring (bicyclic) bond motifs is 6. The molecule has 54 heavy (non-hydrogen) atoms. The van der Waals surface area contributed by atoms with Crippen LogP contribution in [0.3, 0.4) is 0 Å². The molecule has 6 aromatic rings. The molecule has 2 aromatic heterocycles. The van der Waals surface area contributed by atoms with Crippen molar-refractivity contribution in [3.05, 3.63) is 89.4 Å². The third kappa shape index (κ3) is 7.36. The largest absolute Gasteiger partial charge is 0.494 e. The van der Waals surface area contributed by atoms with Gasteiger partial charge in [0.25, 0.3) is 0 Å². The van der Waals surface area contributed by atoms with Crippen LogP contribution in [0, 0.1) is 0 Å². The average molecular weight is 827 g/mol. The lowest BCUT2D eigenvalue weighted by atomic mass is 9.49. The maximum atomic E-state index is 6.17. The molecule has 0 N–H and O–H groups in total. The van der Waals surface area contributed by atoms with Gasteiger partial charge in [0, 0.05) is 39.4 Å². The van der Waals surface area contributed by atoms with Crippen molar-refractivity contribution in [2.24, 2.45) is 0 Å². The highest BCUT2D eigenvalue weighted by Crippen LogP contribution is 2.43. The van der Waals surface area contributed by atoms with Crippen LogP contribution in [0.5, 0.6) is 0 Å². The molecule has 3 aliphatic heterocycles. The van der Waals surface area contributed by atoms with Crippen LogP contribution in [0.2, 0.25) is 0 Å². The van der Waals surface area contributed by atoms with E-state index in [0.29, 0.717) is 0 Å². The van der Waals surface area contributed by atoms with Crippen molar-refractivity contribution in [3.8, 4) is 0 Å². The van der Waals surface area contributed by atoms with E-state index in [1.54, 1.807) is 0 Å². The van der Waals surface area contributed by atoms with E-state index in [4.69, 9.17) is 27.9 Å². The fourth-order valence-electron chi connectivity index (χ4n) is 6.57. The van der Waals surface area contributed by atoms with Gasteiger partial charge in [-0.1, -0.05) is 64.5 Å². The summed E-state index contributed by atoms with van der Waals surface area (Å²) in [7, 11) is -1.25. The van der Waals surface area contributed by atoms with Crippen molar-refractivity contribution in [1.29, 1.82) is 0 Å². The number of hydrogen-bond acceptors (Lipinski definition) is 8. The van der Waals surface area contributed by atoms with Gasteiger partial charge in [0.15, 0.2) is 0 Å². The predicted octanol–water partition coefficient (Wildman–Crippen LogP) is 11.4. The van der Waals surface area contributed by atoms with Crippen molar-refractivity contribution in [2.45, 2.75) is 117 Å². The molecule has 3 saturated heterocycles. The SMILES string of the molecule is Brc1ccc2sc3ccccc3c2c1.CC1(C)OB(B2OC(C)(C)C(C)(C)O2)OC1(C)C.CC1(C)OB(c2ccc3sc4ccccc4c3c2)OC1(C)C. The minimum Gasteiger partial charge on any atom is -0.405 e. The summed E-state index contributed by atoms with van der Waals surface area (Å²) in [6.07, 6.45) is 0. The Hall–Kier alpha value is -2.25. The maximum Gasteiger partial charge on any atom is 0.494 e. The summed E-state index contributed by atoms with van der Waals surface area (Å²) in [5.41, 5.74) is -0.952. The molecule has 0 aliphatic carbocycles. The molecular weight excluding hydrogens is 777 g/mol. The van der Waals surface area contributed by atoms with Gasteiger partial charge in [-0.15, -0.1) is 22.7 Å². The fourth-order valence-corrected chi connectivity index (χ4v) is 9.10. The summed E-state index contributed by atoms with van der Waals surface area (Å²) in [5, 5.41) is 5.29. The molecule has 9 rings (SSSR count). The van der Waals surface area contributed by atoms with E-state index in [-0.39, 0.29) is 40.7 Å². The van der Waals surface area contributed by atoms with Gasteiger partial charge in [0.2, 0.25) is 0 Å². The summed E-state index contributed by atoms with van der Waals surface area (Å²) in [4.78, 5) is 0. The zero-order valence-corrected chi connectivity index (χ0v) is 36.7. The van der Waals surface area contributed by atoms with Gasteiger partial charge in [-0.05, 0) is 130 Å². The Bertz CT molecular complexity index is 2250. The van der Waals surface area contributed by atoms with E-state index in [0.717, 1.165) is 9.94 Å². The van der Waals surface area contributed by atoms with Gasteiger partial charge >= 0.3 is 21.1 Å². The van der Waals surface area contributed by atoms with Gasteiger partial charge in [-0.25, -0.2) is 0 Å². The molecular formula is C42H50B3BrO6S2. The van der Waals surface area contributed by atoms with Crippen LogP contribution < -0.4 is 5.46 Å². The van der Waals surface area contributed by atoms with Crippen molar-refractivity contribution < 1.29 is 27.9 Å². The van der Waals surface area contributed by atoms with Gasteiger partial charge in [-0.2, -0.15) is 0 Å². The van der Waals surface area contributed by atoms with Gasteiger partial charge < -0.3 is 27.9 Å². The Kier molecular flexibility index (Phi) is 10.4. The Morgan fingerprint density at radius 1 is 0.407 bits per heavy atom. The van der Waals surface area contributed by atoms with Crippen LogP contribution in [0.1, 0.15) is 83.1 Å². The highest BCUT2D eigenvalue weighted by Gasteiger charge is 2.63. The first-order valence-electron chi connectivity index (χ1n) is 18.6. The van der Waals surface area contributed by atoms with Crippen molar-refractivity contribution in [2.75, 3.05) is 0 Å². The zero-order valence-electron chi connectivity index (χ0n) is 33.5. The minimum absolute atomic E-state index is 0.298. The van der Waals surface area contributed by atoms with E-state index < -0.39 is 14.0 Å². The lowest BCUT2D eigenvalue weighted by molar-refractivity contribution is 0.00578. The molecule has 4 aromatic carbocycles. The van der Waals surface area contributed by atoms with Crippen LogP contribution in [-0.2, 0) is 27.9 Å². The zero-order chi connectivity index (χ0) is 39.1. The van der Waals surface area contributed by atoms with E-state index in [9.17, 15) is 0 Å². The van der Waals surface area contributed by atoms with Crippen molar-refractivity contribution in [3.63, 3.8) is 0 Å². The topological polar surface area (TPSA) is 55.4 Å². The second kappa shape index (κ2) is 14.0. The minimum atomic E-state index is -0.476. The highest BCUT2D eigenvalue weighted by molar-refractivity contribution is 9.10. The normalized spacial score (nSPS) is 21.8. The summed E-state index contributed by atoms with van der Waals surface area (Å²) in [6, 6.07) is 30.1. The molecule has 0 unspecified atom stereocenters. The van der Waals surface area contributed by atoms with Crippen LogP contribution in [-0.4, -0.2) is 54.7 Å². The highest BCUT2D eigenvalue weighted by atomic mass is 79.9. The molecule has 0 saturated carbocycles. The number of rotatable bonds is 2. The van der Waals surface area contributed by atoms with Crippen LogP contribution in [0.4, 0.5) is 0 Å². The van der Waals surface area contributed by atoms with Gasteiger partial charge in [0.05, 0.1) is 33.6 Å². The number of thiophene rings is 2. The predicted molar refractivity (Wildman–Crippen MR) is 234 cm³/mol. The first-order valence-corrected chi connectivity index (χ1v) is 21.1. The number of halogens is 1. The third-order valence-corrected chi connectivity index (χ3v) is 14.8. The average Bonchev–Trinajstić information content (AvgIpc) is 3.81. The number of benzene rings is 4. The molecule has 0 atom stereocenters. The quantitative estimate of drug-likeness (QED) is 0.162. The van der Waals surface area contributed by atoms with Gasteiger partial charge in [-0.3, -0.25) is 0 Å². The monoisotopic (exact) mass is 826 g/mol. The Morgan fingerprint density at radius 3 is 1.20 bits per heavy atom. The lowest BCUT2D eigenvalue weighted by Gasteiger charge is -2.32. The Morgan fingerprint density at radius 2 is 0.759 bits per heavy atom. The molecule has 6 nitrogen and oxygen atoms in total. The second-order valence-corrected chi connectivity index (χ2v) is 20.5. The molecule has 0 radical (unpaired) electrons. The summed E-state index contributed by atoms with van der Waals surface area (Å²) in [5.74, 6) is 0. The first-order chi connectivity index (χ1) is 25.1. The van der Waals surface area contributed by atoms with E-state index in [1.807, 2.05) is 78.1 Å². The summed E-state index contributed by atoms with van der Waals surface area (Å²) >= 11 is 7.19. The first kappa shape index (κ1) is 40.0. The molecule has 5 heterocycles. The smallest absolute Gasteiger partial charge is 0.405 e. The van der Waals surface area contributed by atoms with E-state index in [1.165, 1.54) is 40.3 Å². The molecule has 3 aliphatic rings. The third-order valence-electron chi connectivity index (χ3n) is 12.0. The van der Waals surface area contributed by atoms with Crippen molar-refractivity contribution >= 4 is 106 Å². The fraction of sp³-hybridized carbons (Fsp3) is 0.429. The molecule has 0 amide bonds. The number of hydrogen-bond donors (Lipinski definition) is 0. The van der Waals surface area contributed by atoms with Crippen LogP contribution in [0.15, 0.2) is 89.4 Å². The molecule has 0 bridgehead atoms. The molecule has 3 fully saturated rings. The Balaban J connectivity index is 0.000000128. The Labute approximate surface area is 337 Å². The van der Waals surface area contributed by atoms with Crippen molar-refractivity contribution in [1.82, 2.24) is 0 Å². The molecule has 12 heteroatoms.